The molecule has 0 saturated carbocycles. The summed E-state index contributed by atoms with van der Waals surface area (Å²) in [7, 11) is 0. The third kappa shape index (κ3) is 4.13. The highest BCUT2D eigenvalue weighted by Crippen LogP contribution is 2.22. The summed E-state index contributed by atoms with van der Waals surface area (Å²) < 4.78 is 16.0. The van der Waals surface area contributed by atoms with Gasteiger partial charge in [0.05, 0.1) is 17.8 Å². The van der Waals surface area contributed by atoms with Crippen LogP contribution >= 0.6 is 23.1 Å². The van der Waals surface area contributed by atoms with Crippen LogP contribution in [0.1, 0.15) is 18.9 Å². The number of amides is 1. The van der Waals surface area contributed by atoms with E-state index in [0.717, 1.165) is 6.42 Å². The Hall–Kier alpha value is -2.19. The second-order valence-corrected chi connectivity index (χ2v) is 7.51. The van der Waals surface area contributed by atoms with Crippen molar-refractivity contribution in [1.82, 2.24) is 14.9 Å². The molecular weight excluding hydrogens is 373 g/mol. The highest BCUT2D eigenvalue weighted by Gasteiger charge is 2.15. The van der Waals surface area contributed by atoms with E-state index in [1.54, 1.807) is 29.6 Å². The maximum atomic E-state index is 14.0. The van der Waals surface area contributed by atoms with Crippen LogP contribution < -0.4 is 10.9 Å². The van der Waals surface area contributed by atoms with Crippen molar-refractivity contribution in [2.75, 3.05) is 12.3 Å². The number of carbonyl (C=O) groups is 1. The van der Waals surface area contributed by atoms with Crippen molar-refractivity contribution in [3.63, 3.8) is 0 Å². The number of hydrogen-bond acceptors (Lipinski definition) is 5. The maximum Gasteiger partial charge on any atom is 0.272 e. The topological polar surface area (TPSA) is 64.0 Å². The van der Waals surface area contributed by atoms with Gasteiger partial charge in [0, 0.05) is 12.1 Å². The first-order chi connectivity index (χ1) is 12.6. The first-order valence-electron chi connectivity index (χ1n) is 8.21. The standard InChI is InChI=1S/C18H18FN3O2S2/c1-2-8-20-15(23)11-26-18-21-14-7-9-25-16(14)17(24)22(18)10-12-5-3-4-6-13(12)19/h3-7,9H,2,8,10-11H2,1H3,(H,20,23). The van der Waals surface area contributed by atoms with E-state index in [9.17, 15) is 14.0 Å². The molecule has 1 amide bonds. The van der Waals surface area contributed by atoms with E-state index in [-0.39, 0.29) is 29.6 Å². The zero-order valence-electron chi connectivity index (χ0n) is 14.2. The van der Waals surface area contributed by atoms with Crippen LogP contribution in [0.3, 0.4) is 0 Å². The van der Waals surface area contributed by atoms with E-state index in [2.05, 4.69) is 10.3 Å². The van der Waals surface area contributed by atoms with Gasteiger partial charge >= 0.3 is 0 Å². The van der Waals surface area contributed by atoms with Gasteiger partial charge in [0.25, 0.3) is 5.56 Å². The fourth-order valence-corrected chi connectivity index (χ4v) is 4.02. The molecule has 0 radical (unpaired) electrons. The van der Waals surface area contributed by atoms with Gasteiger partial charge in [-0.2, -0.15) is 0 Å². The average molecular weight is 391 g/mol. The van der Waals surface area contributed by atoms with Gasteiger partial charge in [-0.1, -0.05) is 36.9 Å². The third-order valence-electron chi connectivity index (χ3n) is 3.72. The molecule has 0 atom stereocenters. The van der Waals surface area contributed by atoms with Crippen LogP contribution in [0.2, 0.25) is 0 Å². The van der Waals surface area contributed by atoms with Gasteiger partial charge in [-0.05, 0) is 23.9 Å². The van der Waals surface area contributed by atoms with Crippen molar-refractivity contribution in [2.45, 2.75) is 25.0 Å². The number of nitrogens with one attached hydrogen (secondary N) is 1. The Balaban J connectivity index is 1.94. The monoisotopic (exact) mass is 391 g/mol. The zero-order chi connectivity index (χ0) is 18.5. The van der Waals surface area contributed by atoms with Crippen LogP contribution in [-0.4, -0.2) is 27.8 Å². The largest absolute Gasteiger partial charge is 0.355 e. The maximum absolute atomic E-state index is 14.0. The molecule has 5 nitrogen and oxygen atoms in total. The second kappa shape index (κ2) is 8.46. The Bertz CT molecular complexity index is 984. The molecule has 0 aliphatic heterocycles. The lowest BCUT2D eigenvalue weighted by Gasteiger charge is -2.12. The number of aromatic nitrogens is 2. The summed E-state index contributed by atoms with van der Waals surface area (Å²) in [5.41, 5.74) is 0.788. The highest BCUT2D eigenvalue weighted by atomic mass is 32.2. The molecule has 0 saturated heterocycles. The van der Waals surface area contributed by atoms with Gasteiger partial charge < -0.3 is 5.32 Å². The highest BCUT2D eigenvalue weighted by molar-refractivity contribution is 7.99. The number of hydrogen-bond donors (Lipinski definition) is 1. The predicted octanol–water partition coefficient (Wildman–Crippen LogP) is 3.26. The lowest BCUT2D eigenvalue weighted by atomic mass is 10.2. The molecule has 0 unspecified atom stereocenters. The first kappa shape index (κ1) is 18.6. The SMILES string of the molecule is CCCNC(=O)CSc1nc2ccsc2c(=O)n1Cc1ccccc1F. The number of nitrogens with zero attached hydrogens (tertiary/aromatic N) is 2. The molecule has 0 fully saturated rings. The van der Waals surface area contributed by atoms with Crippen LogP contribution in [0, 0.1) is 5.82 Å². The van der Waals surface area contributed by atoms with Gasteiger partial charge in [0.15, 0.2) is 5.16 Å². The molecular formula is C18H18FN3O2S2. The summed E-state index contributed by atoms with van der Waals surface area (Å²) in [5.74, 6) is -0.337. The number of thioether (sulfide) groups is 1. The van der Waals surface area contributed by atoms with Crippen LogP contribution in [0.25, 0.3) is 10.2 Å². The van der Waals surface area contributed by atoms with E-state index in [4.69, 9.17) is 0 Å². The van der Waals surface area contributed by atoms with Crippen LogP contribution in [0.4, 0.5) is 4.39 Å². The Morgan fingerprint density at radius 2 is 2.15 bits per heavy atom. The van der Waals surface area contributed by atoms with Gasteiger partial charge in [0.1, 0.15) is 10.5 Å². The molecule has 0 spiro atoms. The first-order valence-corrected chi connectivity index (χ1v) is 10.1. The van der Waals surface area contributed by atoms with Gasteiger partial charge in [0.2, 0.25) is 5.91 Å². The molecule has 26 heavy (non-hydrogen) atoms. The van der Waals surface area contributed by atoms with Crippen LogP contribution in [0.15, 0.2) is 45.7 Å². The quantitative estimate of drug-likeness (QED) is 0.496. The lowest BCUT2D eigenvalue weighted by molar-refractivity contribution is -0.118. The summed E-state index contributed by atoms with van der Waals surface area (Å²) in [5, 5.41) is 5.01. The summed E-state index contributed by atoms with van der Waals surface area (Å²) in [6.07, 6.45) is 0.855. The summed E-state index contributed by atoms with van der Waals surface area (Å²) >= 11 is 2.49. The number of rotatable bonds is 7. The molecule has 0 aliphatic rings. The van der Waals surface area contributed by atoms with E-state index >= 15 is 0 Å². The lowest BCUT2D eigenvalue weighted by Crippen LogP contribution is -2.27. The van der Waals surface area contributed by atoms with Crippen molar-refractivity contribution in [1.29, 1.82) is 0 Å². The smallest absolute Gasteiger partial charge is 0.272 e. The van der Waals surface area contributed by atoms with E-state index in [1.165, 1.54) is 33.7 Å². The van der Waals surface area contributed by atoms with E-state index in [0.29, 0.717) is 27.5 Å². The number of fused-ring (bicyclic) bond motifs is 1. The molecule has 2 aromatic heterocycles. The minimum Gasteiger partial charge on any atom is -0.355 e. The number of benzene rings is 1. The van der Waals surface area contributed by atoms with E-state index < -0.39 is 0 Å². The zero-order valence-corrected chi connectivity index (χ0v) is 15.8. The Morgan fingerprint density at radius 1 is 1.35 bits per heavy atom. The number of halogens is 1. The molecule has 8 heteroatoms. The van der Waals surface area contributed by atoms with Crippen molar-refractivity contribution < 1.29 is 9.18 Å². The summed E-state index contributed by atoms with van der Waals surface area (Å²) in [6, 6.07) is 8.11. The van der Waals surface area contributed by atoms with E-state index in [1.807, 2.05) is 6.92 Å². The Kier molecular flexibility index (Phi) is 6.05. The second-order valence-electron chi connectivity index (χ2n) is 5.65. The Labute approximate surface area is 158 Å². The normalized spacial score (nSPS) is 11.0. The van der Waals surface area contributed by atoms with Gasteiger partial charge in [-0.25, -0.2) is 9.37 Å². The Morgan fingerprint density at radius 3 is 2.92 bits per heavy atom. The predicted molar refractivity (Wildman–Crippen MR) is 103 cm³/mol. The number of thiophene rings is 1. The molecule has 1 aromatic carbocycles. The molecule has 0 aliphatic carbocycles. The fourth-order valence-electron chi connectivity index (χ4n) is 2.42. The third-order valence-corrected chi connectivity index (χ3v) is 5.59. The van der Waals surface area contributed by atoms with Crippen molar-refractivity contribution in [3.8, 4) is 0 Å². The minimum atomic E-state index is -0.373. The van der Waals surface area contributed by atoms with Crippen molar-refractivity contribution in [3.05, 3.63) is 57.4 Å². The molecule has 136 valence electrons. The average Bonchev–Trinajstić information content (AvgIpc) is 3.11. The van der Waals surface area contributed by atoms with Crippen LogP contribution in [0.5, 0.6) is 0 Å². The molecule has 3 aromatic rings. The molecule has 1 N–H and O–H groups in total. The molecule has 3 rings (SSSR count). The van der Waals surface area contributed by atoms with Gasteiger partial charge in [-0.3, -0.25) is 14.2 Å². The van der Waals surface area contributed by atoms with Gasteiger partial charge in [-0.15, -0.1) is 11.3 Å². The summed E-state index contributed by atoms with van der Waals surface area (Å²) in [6.45, 7) is 2.66. The number of carbonyl (C=O) groups excluding carboxylic acids is 1. The molecule has 2 heterocycles. The van der Waals surface area contributed by atoms with Crippen molar-refractivity contribution >= 4 is 39.2 Å². The molecule has 0 bridgehead atoms. The summed E-state index contributed by atoms with van der Waals surface area (Å²) in [4.78, 5) is 29.2. The van der Waals surface area contributed by atoms with Crippen LogP contribution in [-0.2, 0) is 11.3 Å². The minimum absolute atomic E-state index is 0.0747. The fraction of sp³-hybridized carbons (Fsp3) is 0.278. The van der Waals surface area contributed by atoms with Crippen molar-refractivity contribution in [2.24, 2.45) is 0 Å².